The van der Waals surface area contributed by atoms with Gasteiger partial charge >= 0.3 is 0 Å². The van der Waals surface area contributed by atoms with Gasteiger partial charge in [0, 0.05) is 16.6 Å². The van der Waals surface area contributed by atoms with Gasteiger partial charge in [-0.3, -0.25) is 9.59 Å². The summed E-state index contributed by atoms with van der Waals surface area (Å²) < 4.78 is 0. The van der Waals surface area contributed by atoms with Crippen LogP contribution in [0.3, 0.4) is 0 Å². The number of hydrogen-bond acceptors (Lipinski definition) is 2. The van der Waals surface area contributed by atoms with Gasteiger partial charge in [0.2, 0.25) is 5.91 Å². The fraction of sp³-hybridized carbons (Fsp3) is 0.300. The molecule has 0 heterocycles. The van der Waals surface area contributed by atoms with Crippen molar-refractivity contribution in [3.8, 4) is 0 Å². The molecule has 130 valence electrons. The number of benzene rings is 2. The van der Waals surface area contributed by atoms with Crippen molar-refractivity contribution < 1.29 is 9.59 Å². The molecular formula is C20H21ClN2O2. The Bertz CT molecular complexity index is 770. The first-order valence-electron chi connectivity index (χ1n) is 8.60. The van der Waals surface area contributed by atoms with Crippen LogP contribution in [0.2, 0.25) is 5.02 Å². The summed E-state index contributed by atoms with van der Waals surface area (Å²) in [5.74, 6) is -0.234. The molecule has 0 bridgehead atoms. The van der Waals surface area contributed by atoms with E-state index >= 15 is 0 Å². The molecule has 2 N–H and O–H groups in total. The van der Waals surface area contributed by atoms with E-state index < -0.39 is 0 Å². The molecule has 0 saturated heterocycles. The van der Waals surface area contributed by atoms with E-state index in [1.807, 2.05) is 6.07 Å². The quantitative estimate of drug-likeness (QED) is 0.799. The molecule has 2 aromatic carbocycles. The molecule has 1 fully saturated rings. The number of nitrogens with one attached hydrogen (secondary N) is 2. The van der Waals surface area contributed by atoms with E-state index in [9.17, 15) is 9.59 Å². The normalized spacial score (nSPS) is 14.8. The summed E-state index contributed by atoms with van der Waals surface area (Å²) >= 11 is 5.95. The van der Waals surface area contributed by atoms with E-state index in [0.29, 0.717) is 22.0 Å². The Balaban J connectivity index is 1.73. The van der Waals surface area contributed by atoms with Crippen molar-refractivity contribution in [3.05, 3.63) is 59.1 Å². The van der Waals surface area contributed by atoms with Gasteiger partial charge in [-0.25, -0.2) is 0 Å². The minimum Gasteiger partial charge on any atom is -0.325 e. The van der Waals surface area contributed by atoms with Crippen LogP contribution in [0.15, 0.2) is 48.5 Å². The third kappa shape index (κ3) is 4.60. The van der Waals surface area contributed by atoms with E-state index in [1.165, 1.54) is 6.42 Å². The summed E-state index contributed by atoms with van der Waals surface area (Å²) in [7, 11) is 0. The van der Waals surface area contributed by atoms with Crippen LogP contribution in [-0.2, 0) is 4.79 Å². The summed E-state index contributed by atoms with van der Waals surface area (Å²) in [4.78, 5) is 25.1. The first kappa shape index (κ1) is 17.5. The predicted octanol–water partition coefficient (Wildman–Crippen LogP) is 5.11. The number of carbonyl (C=O) groups is 2. The number of rotatable bonds is 4. The molecule has 0 radical (unpaired) electrons. The number of halogens is 1. The van der Waals surface area contributed by atoms with Crippen molar-refractivity contribution >= 4 is 34.8 Å². The Morgan fingerprint density at radius 3 is 2.44 bits per heavy atom. The van der Waals surface area contributed by atoms with Crippen LogP contribution < -0.4 is 10.6 Å². The number of amides is 2. The third-order valence-electron chi connectivity index (χ3n) is 4.49. The molecule has 0 atom stereocenters. The summed E-state index contributed by atoms with van der Waals surface area (Å²) in [6, 6.07) is 14.0. The van der Waals surface area contributed by atoms with E-state index in [1.54, 1.807) is 42.5 Å². The van der Waals surface area contributed by atoms with E-state index in [0.717, 1.165) is 25.7 Å². The van der Waals surface area contributed by atoms with Gasteiger partial charge in [-0.05, 0) is 43.2 Å². The maximum atomic E-state index is 12.6. The van der Waals surface area contributed by atoms with Crippen molar-refractivity contribution in [1.82, 2.24) is 0 Å². The molecule has 0 spiro atoms. The van der Waals surface area contributed by atoms with Crippen molar-refractivity contribution in [1.29, 1.82) is 0 Å². The highest BCUT2D eigenvalue weighted by molar-refractivity contribution is 6.31. The van der Waals surface area contributed by atoms with Gasteiger partial charge in [0.05, 0.1) is 11.3 Å². The van der Waals surface area contributed by atoms with Crippen molar-refractivity contribution in [2.45, 2.75) is 32.1 Å². The lowest BCUT2D eigenvalue weighted by molar-refractivity contribution is -0.120. The lowest BCUT2D eigenvalue weighted by atomic mass is 9.88. The number of carbonyl (C=O) groups excluding carboxylic acids is 2. The maximum absolute atomic E-state index is 12.6. The van der Waals surface area contributed by atoms with Crippen LogP contribution in [0.4, 0.5) is 11.4 Å². The summed E-state index contributed by atoms with van der Waals surface area (Å²) in [5, 5.41) is 6.30. The molecule has 2 aromatic rings. The molecule has 0 unspecified atom stereocenters. The molecule has 0 aromatic heterocycles. The van der Waals surface area contributed by atoms with Crippen LogP contribution in [0.25, 0.3) is 0 Å². The SMILES string of the molecule is O=C(Nc1cccc(Cl)c1)c1ccccc1NC(=O)C1CCCCC1. The van der Waals surface area contributed by atoms with Crippen molar-refractivity contribution in [2.24, 2.45) is 5.92 Å². The maximum Gasteiger partial charge on any atom is 0.257 e. The molecule has 0 aliphatic heterocycles. The number of anilines is 2. The Morgan fingerprint density at radius 1 is 0.920 bits per heavy atom. The van der Waals surface area contributed by atoms with Crippen LogP contribution in [-0.4, -0.2) is 11.8 Å². The van der Waals surface area contributed by atoms with Gasteiger partial charge in [0.15, 0.2) is 0 Å². The second-order valence-corrected chi connectivity index (χ2v) is 6.77. The van der Waals surface area contributed by atoms with Gasteiger partial charge in [-0.15, -0.1) is 0 Å². The predicted molar refractivity (Wildman–Crippen MR) is 101 cm³/mol. The third-order valence-corrected chi connectivity index (χ3v) is 4.72. The summed E-state index contributed by atoms with van der Waals surface area (Å²) in [6.45, 7) is 0. The molecule has 25 heavy (non-hydrogen) atoms. The fourth-order valence-corrected chi connectivity index (χ4v) is 3.34. The average Bonchev–Trinajstić information content (AvgIpc) is 2.63. The lowest BCUT2D eigenvalue weighted by Gasteiger charge is -2.21. The van der Waals surface area contributed by atoms with Crippen LogP contribution >= 0.6 is 11.6 Å². The topological polar surface area (TPSA) is 58.2 Å². The Morgan fingerprint density at radius 2 is 1.68 bits per heavy atom. The number of para-hydroxylation sites is 1. The Hall–Kier alpha value is -2.33. The summed E-state index contributed by atoms with van der Waals surface area (Å²) in [5.41, 5.74) is 1.59. The average molecular weight is 357 g/mol. The monoisotopic (exact) mass is 356 g/mol. The van der Waals surface area contributed by atoms with Crippen LogP contribution in [0, 0.1) is 5.92 Å². The van der Waals surface area contributed by atoms with Crippen molar-refractivity contribution in [3.63, 3.8) is 0 Å². The lowest BCUT2D eigenvalue weighted by Crippen LogP contribution is -2.26. The zero-order valence-electron chi connectivity index (χ0n) is 13.9. The second-order valence-electron chi connectivity index (χ2n) is 6.33. The minimum atomic E-state index is -0.276. The molecule has 1 aliphatic carbocycles. The zero-order valence-corrected chi connectivity index (χ0v) is 14.7. The molecule has 4 nitrogen and oxygen atoms in total. The Kier molecular flexibility index (Phi) is 5.71. The highest BCUT2D eigenvalue weighted by Crippen LogP contribution is 2.26. The second kappa shape index (κ2) is 8.17. The summed E-state index contributed by atoms with van der Waals surface area (Å²) in [6.07, 6.45) is 5.22. The van der Waals surface area contributed by atoms with Gasteiger partial charge in [-0.1, -0.05) is 49.1 Å². The highest BCUT2D eigenvalue weighted by Gasteiger charge is 2.22. The minimum absolute atomic E-state index is 0.00251. The smallest absolute Gasteiger partial charge is 0.257 e. The molecule has 1 aliphatic rings. The van der Waals surface area contributed by atoms with Gasteiger partial charge in [0.1, 0.15) is 0 Å². The van der Waals surface area contributed by atoms with Gasteiger partial charge in [0.25, 0.3) is 5.91 Å². The van der Waals surface area contributed by atoms with E-state index in [4.69, 9.17) is 11.6 Å². The first-order valence-corrected chi connectivity index (χ1v) is 8.98. The molecule has 1 saturated carbocycles. The molecular weight excluding hydrogens is 336 g/mol. The highest BCUT2D eigenvalue weighted by atomic mass is 35.5. The Labute approximate surface area is 152 Å². The molecule has 3 rings (SSSR count). The van der Waals surface area contributed by atoms with Gasteiger partial charge in [-0.2, -0.15) is 0 Å². The zero-order chi connectivity index (χ0) is 17.6. The fourth-order valence-electron chi connectivity index (χ4n) is 3.15. The van der Waals surface area contributed by atoms with Crippen LogP contribution in [0.5, 0.6) is 0 Å². The number of hydrogen-bond donors (Lipinski definition) is 2. The van der Waals surface area contributed by atoms with Crippen molar-refractivity contribution in [2.75, 3.05) is 10.6 Å². The van der Waals surface area contributed by atoms with E-state index in [-0.39, 0.29) is 17.7 Å². The van der Waals surface area contributed by atoms with E-state index in [2.05, 4.69) is 10.6 Å². The standard InChI is InChI=1S/C20H21ClN2O2/c21-15-9-6-10-16(13-15)22-20(25)17-11-4-5-12-18(17)23-19(24)14-7-2-1-3-8-14/h4-6,9-14H,1-3,7-8H2,(H,22,25)(H,23,24). The largest absolute Gasteiger partial charge is 0.325 e. The molecule has 5 heteroatoms. The van der Waals surface area contributed by atoms with Crippen LogP contribution in [0.1, 0.15) is 42.5 Å². The molecule has 2 amide bonds. The van der Waals surface area contributed by atoms with Gasteiger partial charge < -0.3 is 10.6 Å². The first-order chi connectivity index (χ1) is 12.1.